The normalized spacial score (nSPS) is 12.7. The van der Waals surface area contributed by atoms with Crippen LogP contribution < -0.4 is 0 Å². The van der Waals surface area contributed by atoms with Gasteiger partial charge in [-0.15, -0.1) is 4.40 Å². The lowest BCUT2D eigenvalue weighted by atomic mass is 10.8. The number of hydrogen-bond donors (Lipinski definition) is 1. The molecule has 0 aliphatic heterocycles. The van der Waals surface area contributed by atoms with E-state index in [1.54, 1.807) is 0 Å². The van der Waals surface area contributed by atoms with E-state index >= 15 is 0 Å². The third kappa shape index (κ3) is 7.54. The van der Waals surface area contributed by atoms with Gasteiger partial charge in [0.25, 0.3) is 0 Å². The summed E-state index contributed by atoms with van der Waals surface area (Å²) in [5.41, 5.74) is 0. The van der Waals surface area contributed by atoms with Crippen LogP contribution in [0.3, 0.4) is 0 Å². The molecule has 0 aromatic heterocycles. The fourth-order valence-corrected chi connectivity index (χ4v) is 0.448. The van der Waals surface area contributed by atoms with Crippen LogP contribution in [0, 0.1) is 0 Å². The Balaban J connectivity index is 3.73. The molecule has 0 heterocycles. The van der Waals surface area contributed by atoms with Crippen molar-refractivity contribution in [2.75, 3.05) is 13.7 Å². The van der Waals surface area contributed by atoms with Gasteiger partial charge < -0.3 is 4.74 Å². The minimum Gasteiger partial charge on any atom is -0.379 e. The molecular formula is C3H7NO4S. The van der Waals surface area contributed by atoms with Gasteiger partial charge in [0.1, 0.15) is 0 Å². The lowest BCUT2D eigenvalue weighted by molar-refractivity contribution is 0.248. The molecule has 0 saturated heterocycles. The molecule has 0 unspecified atom stereocenters. The fraction of sp³-hybridized carbons (Fsp3) is 0.667. The summed E-state index contributed by atoms with van der Waals surface area (Å²) in [4.78, 5) is 0. The van der Waals surface area contributed by atoms with Crippen LogP contribution in [-0.4, -0.2) is 32.9 Å². The highest BCUT2D eigenvalue weighted by molar-refractivity contribution is 7.84. The van der Waals surface area contributed by atoms with Gasteiger partial charge in [-0.25, -0.2) is 0 Å². The zero-order valence-electron chi connectivity index (χ0n) is 4.81. The van der Waals surface area contributed by atoms with Crippen LogP contribution in [0.4, 0.5) is 0 Å². The second-order valence-corrected chi connectivity index (χ2v) is 2.30. The van der Waals surface area contributed by atoms with Crippen LogP contribution in [0.25, 0.3) is 0 Å². The van der Waals surface area contributed by atoms with Crippen molar-refractivity contribution in [2.45, 2.75) is 0 Å². The van der Waals surface area contributed by atoms with E-state index in [2.05, 4.69) is 9.13 Å². The van der Waals surface area contributed by atoms with Gasteiger partial charge in [0, 0.05) is 13.3 Å². The molecule has 6 heteroatoms. The molecule has 0 aliphatic rings. The summed E-state index contributed by atoms with van der Waals surface area (Å²) in [6, 6.07) is 0. The Morgan fingerprint density at radius 2 is 2.33 bits per heavy atom. The van der Waals surface area contributed by atoms with Gasteiger partial charge in [-0.1, -0.05) is 0 Å². The van der Waals surface area contributed by atoms with E-state index in [0.717, 1.165) is 6.21 Å². The molecule has 0 aliphatic carbocycles. The third-order valence-electron chi connectivity index (χ3n) is 0.449. The SMILES string of the molecule is COCC=NS(=O)(=O)O. The molecule has 0 fully saturated rings. The average molecular weight is 153 g/mol. The Morgan fingerprint density at radius 3 is 2.67 bits per heavy atom. The van der Waals surface area contributed by atoms with Crippen molar-refractivity contribution in [3.63, 3.8) is 0 Å². The minimum atomic E-state index is -4.21. The third-order valence-corrected chi connectivity index (χ3v) is 0.864. The van der Waals surface area contributed by atoms with Crippen LogP contribution in [0.2, 0.25) is 0 Å². The van der Waals surface area contributed by atoms with Crippen molar-refractivity contribution in [3.8, 4) is 0 Å². The molecule has 0 aromatic carbocycles. The van der Waals surface area contributed by atoms with E-state index in [0.29, 0.717) is 0 Å². The molecule has 9 heavy (non-hydrogen) atoms. The second kappa shape index (κ2) is 3.54. The maximum atomic E-state index is 9.81. The lowest BCUT2D eigenvalue weighted by Gasteiger charge is -1.84. The Labute approximate surface area is 53.2 Å². The van der Waals surface area contributed by atoms with Gasteiger partial charge in [-0.05, 0) is 0 Å². The van der Waals surface area contributed by atoms with Gasteiger partial charge in [0.15, 0.2) is 0 Å². The first-order chi connectivity index (χ1) is 4.06. The zero-order valence-corrected chi connectivity index (χ0v) is 5.63. The highest BCUT2D eigenvalue weighted by Crippen LogP contribution is 1.79. The summed E-state index contributed by atoms with van der Waals surface area (Å²) in [5, 5.41) is 0. The van der Waals surface area contributed by atoms with Crippen LogP contribution in [0.1, 0.15) is 0 Å². The molecule has 1 N–H and O–H groups in total. The van der Waals surface area contributed by atoms with E-state index in [4.69, 9.17) is 4.55 Å². The van der Waals surface area contributed by atoms with Crippen molar-refractivity contribution in [1.29, 1.82) is 0 Å². The monoisotopic (exact) mass is 153 g/mol. The molecule has 0 amide bonds. The minimum absolute atomic E-state index is 0.0692. The number of ether oxygens (including phenoxy) is 1. The van der Waals surface area contributed by atoms with Crippen LogP contribution in [0.15, 0.2) is 4.40 Å². The smallest absolute Gasteiger partial charge is 0.378 e. The summed E-state index contributed by atoms with van der Waals surface area (Å²) in [7, 11) is -2.82. The van der Waals surface area contributed by atoms with E-state index in [9.17, 15) is 8.42 Å². The predicted molar refractivity (Wildman–Crippen MR) is 31.9 cm³/mol. The molecule has 0 spiro atoms. The largest absolute Gasteiger partial charge is 0.379 e. The van der Waals surface area contributed by atoms with Crippen molar-refractivity contribution in [3.05, 3.63) is 0 Å². The summed E-state index contributed by atoms with van der Waals surface area (Å²) < 4.78 is 34.7. The first kappa shape index (κ1) is 8.54. The van der Waals surface area contributed by atoms with Crippen molar-refractivity contribution in [2.24, 2.45) is 4.40 Å². The summed E-state index contributed by atoms with van der Waals surface area (Å²) in [6.07, 6.45) is 0.954. The van der Waals surface area contributed by atoms with E-state index in [-0.39, 0.29) is 6.61 Å². The summed E-state index contributed by atoms with van der Waals surface area (Å²) in [5.74, 6) is 0. The van der Waals surface area contributed by atoms with Gasteiger partial charge in [0.2, 0.25) is 0 Å². The molecule has 0 aromatic rings. The van der Waals surface area contributed by atoms with Gasteiger partial charge in [-0.2, -0.15) is 8.42 Å². The average Bonchev–Trinajstić information content (AvgIpc) is 1.63. The number of nitrogens with zero attached hydrogens (tertiary/aromatic N) is 1. The van der Waals surface area contributed by atoms with E-state index in [1.165, 1.54) is 7.11 Å². The number of rotatable bonds is 3. The standard InChI is InChI=1S/C3H7NO4S/c1-8-3-2-4-9(5,6)7/h2H,3H2,1H3,(H,5,6,7). The van der Waals surface area contributed by atoms with Crippen molar-refractivity contribution >= 4 is 16.5 Å². The Hall–Kier alpha value is -0.460. The van der Waals surface area contributed by atoms with Gasteiger partial charge in [-0.3, -0.25) is 4.55 Å². The van der Waals surface area contributed by atoms with Crippen LogP contribution in [-0.2, 0) is 15.0 Å². The first-order valence-corrected chi connectivity index (χ1v) is 3.46. The van der Waals surface area contributed by atoms with Crippen molar-refractivity contribution < 1.29 is 17.7 Å². The Kier molecular flexibility index (Phi) is 3.36. The van der Waals surface area contributed by atoms with E-state index < -0.39 is 10.3 Å². The fourth-order valence-electron chi connectivity index (χ4n) is 0.199. The van der Waals surface area contributed by atoms with Crippen LogP contribution >= 0.6 is 0 Å². The topological polar surface area (TPSA) is 76.0 Å². The van der Waals surface area contributed by atoms with Crippen LogP contribution in [0.5, 0.6) is 0 Å². The van der Waals surface area contributed by atoms with Gasteiger partial charge >= 0.3 is 10.3 Å². The summed E-state index contributed by atoms with van der Waals surface area (Å²) >= 11 is 0. The Bertz CT molecular complexity index is 182. The maximum Gasteiger partial charge on any atom is 0.378 e. The molecule has 0 atom stereocenters. The second-order valence-electron chi connectivity index (χ2n) is 1.19. The predicted octanol–water partition coefficient (Wildman–Crippen LogP) is -0.494. The molecule has 0 rings (SSSR count). The first-order valence-electron chi connectivity index (χ1n) is 2.06. The molecular weight excluding hydrogens is 146 g/mol. The molecule has 54 valence electrons. The molecule has 5 nitrogen and oxygen atoms in total. The van der Waals surface area contributed by atoms with E-state index in [1.807, 2.05) is 0 Å². The zero-order chi connectivity index (χ0) is 7.33. The highest BCUT2D eigenvalue weighted by atomic mass is 32.2. The Morgan fingerprint density at radius 1 is 1.78 bits per heavy atom. The van der Waals surface area contributed by atoms with Gasteiger partial charge in [0.05, 0.1) is 6.61 Å². The quantitative estimate of drug-likeness (QED) is 0.438. The number of hydrogen-bond acceptors (Lipinski definition) is 3. The summed E-state index contributed by atoms with van der Waals surface area (Å²) in [6.45, 7) is 0.0692. The molecule has 0 radical (unpaired) electrons. The maximum absolute atomic E-state index is 9.81. The molecule has 0 saturated carbocycles. The number of methoxy groups -OCH3 is 1. The highest BCUT2D eigenvalue weighted by Gasteiger charge is 1.93. The van der Waals surface area contributed by atoms with Crippen molar-refractivity contribution in [1.82, 2.24) is 0 Å². The molecule has 0 bridgehead atoms. The lowest BCUT2D eigenvalue weighted by Crippen LogP contribution is -1.95.